The highest BCUT2D eigenvalue weighted by Gasteiger charge is 2.23. The first-order chi connectivity index (χ1) is 8.31. The summed E-state index contributed by atoms with van der Waals surface area (Å²) in [7, 11) is 1.37. The lowest BCUT2D eigenvalue weighted by Gasteiger charge is -2.27. The van der Waals surface area contributed by atoms with Crippen molar-refractivity contribution >= 4 is 17.0 Å². The Hall–Kier alpha value is -1.95. The summed E-state index contributed by atoms with van der Waals surface area (Å²) in [5.41, 5.74) is 1.25. The summed E-state index contributed by atoms with van der Waals surface area (Å²) in [4.78, 5) is 15.9. The van der Waals surface area contributed by atoms with E-state index in [9.17, 15) is 4.79 Å². The first kappa shape index (κ1) is 10.2. The summed E-state index contributed by atoms with van der Waals surface area (Å²) in [6.07, 6.45) is 3.28. The van der Waals surface area contributed by atoms with Crippen LogP contribution >= 0.6 is 0 Å². The molecule has 0 aliphatic carbocycles. The van der Waals surface area contributed by atoms with Crippen LogP contribution in [-0.2, 0) is 4.74 Å². The maximum Gasteiger partial charge on any atom is 0.338 e. The van der Waals surface area contributed by atoms with Gasteiger partial charge in [0.05, 0.1) is 30.3 Å². The molecule has 3 rings (SSSR count). The van der Waals surface area contributed by atoms with Crippen LogP contribution in [0.2, 0.25) is 0 Å². The molecule has 0 unspecified atom stereocenters. The molecule has 0 amide bonds. The van der Waals surface area contributed by atoms with Crippen molar-refractivity contribution in [1.29, 1.82) is 0 Å². The van der Waals surface area contributed by atoms with Crippen LogP contribution in [0.5, 0.6) is 0 Å². The zero-order valence-electron chi connectivity index (χ0n) is 9.38. The van der Waals surface area contributed by atoms with Gasteiger partial charge in [0.1, 0.15) is 0 Å². The number of ether oxygens (including phenoxy) is 1. The predicted molar refractivity (Wildman–Crippen MR) is 60.8 cm³/mol. The molecule has 0 atom stereocenters. The van der Waals surface area contributed by atoms with Gasteiger partial charge in [-0.15, -0.1) is 0 Å². The molecule has 2 aromatic rings. The number of hydrogen-bond acceptors (Lipinski definition) is 5. The molecular formula is C11H12N4O2. The minimum absolute atomic E-state index is 0.327. The number of rotatable bonds is 2. The third-order valence-corrected chi connectivity index (χ3v) is 3.01. The molecule has 1 saturated heterocycles. The van der Waals surface area contributed by atoms with Gasteiger partial charge in [-0.25, -0.2) is 14.5 Å². The summed E-state index contributed by atoms with van der Waals surface area (Å²) in [5, 5.41) is 8.23. The van der Waals surface area contributed by atoms with Gasteiger partial charge >= 0.3 is 5.97 Å². The van der Waals surface area contributed by atoms with E-state index in [-0.39, 0.29) is 5.97 Å². The molecule has 2 aromatic heterocycles. The van der Waals surface area contributed by atoms with Gasteiger partial charge in [0, 0.05) is 19.3 Å². The van der Waals surface area contributed by atoms with E-state index < -0.39 is 0 Å². The molecule has 1 aliphatic heterocycles. The summed E-state index contributed by atoms with van der Waals surface area (Å²) >= 11 is 0. The second kappa shape index (κ2) is 3.81. The van der Waals surface area contributed by atoms with Gasteiger partial charge in [-0.1, -0.05) is 0 Å². The minimum atomic E-state index is -0.358. The smallest absolute Gasteiger partial charge is 0.338 e. The first-order valence-corrected chi connectivity index (χ1v) is 5.42. The van der Waals surface area contributed by atoms with Gasteiger partial charge in [0.2, 0.25) is 0 Å². The maximum absolute atomic E-state index is 11.6. The lowest BCUT2D eigenvalue weighted by Crippen LogP contribution is -2.43. The zero-order chi connectivity index (χ0) is 11.8. The first-order valence-electron chi connectivity index (χ1n) is 5.42. The lowest BCUT2D eigenvalue weighted by atomic mass is 10.1. The number of nitrogens with zero attached hydrogens (tertiary/aromatic N) is 3. The normalized spacial score (nSPS) is 15.8. The standard InChI is InChI=1S/C11H12N4O2/c1-17-11(16)8-2-3-13-10-9(8)6-14-15(10)7-4-12-5-7/h2-3,6-7,12H,4-5H2,1H3. The highest BCUT2D eigenvalue weighted by atomic mass is 16.5. The second-order valence-electron chi connectivity index (χ2n) is 3.99. The van der Waals surface area contributed by atoms with Crippen LogP contribution in [0.15, 0.2) is 18.5 Å². The Morgan fingerprint density at radius 3 is 3.06 bits per heavy atom. The highest BCUT2D eigenvalue weighted by molar-refractivity contribution is 6.02. The average Bonchev–Trinajstić information content (AvgIpc) is 2.70. The molecule has 6 heteroatoms. The maximum atomic E-state index is 11.6. The molecule has 1 fully saturated rings. The van der Waals surface area contributed by atoms with Crippen molar-refractivity contribution in [2.45, 2.75) is 6.04 Å². The van der Waals surface area contributed by atoms with E-state index in [2.05, 4.69) is 15.4 Å². The Kier molecular flexibility index (Phi) is 2.29. The minimum Gasteiger partial charge on any atom is -0.465 e. The average molecular weight is 232 g/mol. The number of aromatic nitrogens is 3. The van der Waals surface area contributed by atoms with Gasteiger partial charge in [0.15, 0.2) is 5.65 Å². The van der Waals surface area contributed by atoms with Crippen LogP contribution in [-0.4, -0.2) is 40.9 Å². The third kappa shape index (κ3) is 1.49. The van der Waals surface area contributed by atoms with Crippen molar-refractivity contribution in [1.82, 2.24) is 20.1 Å². The number of nitrogens with one attached hydrogen (secondary N) is 1. The molecule has 17 heavy (non-hydrogen) atoms. The van der Waals surface area contributed by atoms with Gasteiger partial charge in [0.25, 0.3) is 0 Å². The third-order valence-electron chi connectivity index (χ3n) is 3.01. The second-order valence-corrected chi connectivity index (χ2v) is 3.99. The van der Waals surface area contributed by atoms with Crippen LogP contribution in [0.1, 0.15) is 16.4 Å². The largest absolute Gasteiger partial charge is 0.465 e. The van der Waals surface area contributed by atoms with Crippen LogP contribution in [0, 0.1) is 0 Å². The van der Waals surface area contributed by atoms with Gasteiger partial charge in [-0.05, 0) is 6.07 Å². The molecule has 1 N–H and O–H groups in total. The van der Waals surface area contributed by atoms with Crippen molar-refractivity contribution in [2.75, 3.05) is 20.2 Å². The Balaban J connectivity index is 2.14. The van der Waals surface area contributed by atoms with Crippen LogP contribution in [0.3, 0.4) is 0 Å². The SMILES string of the molecule is COC(=O)c1ccnc2c1cnn2C1CNC1. The van der Waals surface area contributed by atoms with E-state index in [4.69, 9.17) is 4.74 Å². The predicted octanol–water partition coefficient (Wildman–Crippen LogP) is 0.362. The molecule has 0 spiro atoms. The Morgan fingerprint density at radius 1 is 1.59 bits per heavy atom. The Labute approximate surface area is 97.6 Å². The monoisotopic (exact) mass is 232 g/mol. The summed E-state index contributed by atoms with van der Waals surface area (Å²) in [5.74, 6) is -0.358. The molecule has 0 radical (unpaired) electrons. The van der Waals surface area contributed by atoms with E-state index in [1.165, 1.54) is 7.11 Å². The molecule has 6 nitrogen and oxygen atoms in total. The number of carbonyl (C=O) groups is 1. The fraction of sp³-hybridized carbons (Fsp3) is 0.364. The van der Waals surface area contributed by atoms with Crippen LogP contribution < -0.4 is 5.32 Å². The van der Waals surface area contributed by atoms with E-state index >= 15 is 0 Å². The molecule has 1 aliphatic rings. The van der Waals surface area contributed by atoms with Crippen molar-refractivity contribution in [3.63, 3.8) is 0 Å². The van der Waals surface area contributed by atoms with Crippen LogP contribution in [0.4, 0.5) is 0 Å². The zero-order valence-corrected chi connectivity index (χ0v) is 9.38. The lowest BCUT2D eigenvalue weighted by molar-refractivity contribution is 0.0603. The summed E-state index contributed by atoms with van der Waals surface area (Å²) < 4.78 is 6.60. The molecule has 0 aromatic carbocycles. The summed E-state index contributed by atoms with van der Waals surface area (Å²) in [6.45, 7) is 1.78. The highest BCUT2D eigenvalue weighted by Crippen LogP contribution is 2.21. The Bertz CT molecular complexity index is 574. The number of carbonyl (C=O) groups excluding carboxylic acids is 1. The van der Waals surface area contributed by atoms with Crippen molar-refractivity contribution in [2.24, 2.45) is 0 Å². The Morgan fingerprint density at radius 2 is 2.41 bits per heavy atom. The van der Waals surface area contributed by atoms with E-state index in [0.29, 0.717) is 11.6 Å². The van der Waals surface area contributed by atoms with Crippen LogP contribution in [0.25, 0.3) is 11.0 Å². The van der Waals surface area contributed by atoms with Gasteiger partial charge < -0.3 is 10.1 Å². The fourth-order valence-electron chi connectivity index (χ4n) is 1.95. The number of methoxy groups -OCH3 is 1. The molecule has 0 bridgehead atoms. The molecule has 0 saturated carbocycles. The van der Waals surface area contributed by atoms with Gasteiger partial charge in [-0.2, -0.15) is 5.10 Å². The van der Waals surface area contributed by atoms with Gasteiger partial charge in [-0.3, -0.25) is 0 Å². The fourth-order valence-corrected chi connectivity index (χ4v) is 1.95. The van der Waals surface area contributed by atoms with E-state index in [0.717, 1.165) is 24.1 Å². The molecular weight excluding hydrogens is 220 g/mol. The quantitative estimate of drug-likeness (QED) is 0.757. The molecule has 3 heterocycles. The summed E-state index contributed by atoms with van der Waals surface area (Å²) in [6, 6.07) is 1.98. The number of hydrogen-bond donors (Lipinski definition) is 1. The number of fused-ring (bicyclic) bond motifs is 1. The number of esters is 1. The van der Waals surface area contributed by atoms with E-state index in [1.807, 2.05) is 4.68 Å². The number of pyridine rings is 1. The van der Waals surface area contributed by atoms with Crippen molar-refractivity contribution in [3.05, 3.63) is 24.0 Å². The van der Waals surface area contributed by atoms with E-state index in [1.54, 1.807) is 18.5 Å². The molecule has 88 valence electrons. The topological polar surface area (TPSA) is 69.0 Å². The van der Waals surface area contributed by atoms with Crippen molar-refractivity contribution in [3.8, 4) is 0 Å². The van der Waals surface area contributed by atoms with Crippen molar-refractivity contribution < 1.29 is 9.53 Å².